The van der Waals surface area contributed by atoms with Crippen LogP contribution in [0, 0.1) is 5.92 Å². The lowest BCUT2D eigenvalue weighted by molar-refractivity contribution is -0.135. The molecule has 0 spiro atoms. The monoisotopic (exact) mass is 436 g/mol. The first-order chi connectivity index (χ1) is 15.7. The van der Waals surface area contributed by atoms with Crippen molar-refractivity contribution in [3.8, 4) is 0 Å². The topological polar surface area (TPSA) is 74.6 Å². The minimum Gasteiger partial charge on any atom is -0.357 e. The largest absolute Gasteiger partial charge is 0.357 e. The standard InChI is InChI=1S/C25H36N6O/c1-2-26-25(27-17-21-11-6-7-12-22(21)18-31-15-8-14-28-31)29-23-13-16-30(19-23)24(32)20-9-4-3-5-10-20/h6-8,11-12,14-15,20,23H,2-5,9-10,13,16-19H2,1H3,(H2,26,27,29). The van der Waals surface area contributed by atoms with Gasteiger partial charge in [-0.3, -0.25) is 9.48 Å². The molecule has 1 saturated carbocycles. The molecule has 1 aromatic carbocycles. The van der Waals surface area contributed by atoms with Gasteiger partial charge in [0.1, 0.15) is 0 Å². The van der Waals surface area contributed by atoms with Crippen molar-refractivity contribution in [2.75, 3.05) is 19.6 Å². The average molecular weight is 437 g/mol. The van der Waals surface area contributed by atoms with Gasteiger partial charge in [-0.05, 0) is 43.4 Å². The van der Waals surface area contributed by atoms with E-state index in [1.54, 1.807) is 6.20 Å². The Morgan fingerprint density at radius 3 is 2.69 bits per heavy atom. The number of carbonyl (C=O) groups excluding carboxylic acids is 1. The molecule has 2 fully saturated rings. The van der Waals surface area contributed by atoms with Crippen molar-refractivity contribution >= 4 is 11.9 Å². The maximum Gasteiger partial charge on any atom is 0.225 e. The van der Waals surface area contributed by atoms with Crippen LogP contribution >= 0.6 is 0 Å². The number of likely N-dealkylation sites (tertiary alicyclic amines) is 1. The van der Waals surface area contributed by atoms with Crippen molar-refractivity contribution in [1.82, 2.24) is 25.3 Å². The molecule has 7 nitrogen and oxygen atoms in total. The second-order valence-electron chi connectivity index (χ2n) is 8.92. The molecule has 172 valence electrons. The molecule has 1 saturated heterocycles. The Balaban J connectivity index is 1.35. The van der Waals surface area contributed by atoms with Gasteiger partial charge < -0.3 is 15.5 Å². The molecule has 32 heavy (non-hydrogen) atoms. The molecule has 2 aliphatic rings. The van der Waals surface area contributed by atoms with E-state index in [1.807, 2.05) is 16.9 Å². The second-order valence-corrected chi connectivity index (χ2v) is 8.92. The van der Waals surface area contributed by atoms with E-state index in [0.29, 0.717) is 12.5 Å². The molecule has 1 aromatic heterocycles. The van der Waals surface area contributed by atoms with Gasteiger partial charge in [0.05, 0.1) is 13.1 Å². The number of amides is 1. The van der Waals surface area contributed by atoms with Crippen LogP contribution in [0.1, 0.15) is 56.6 Å². The van der Waals surface area contributed by atoms with E-state index in [0.717, 1.165) is 51.4 Å². The summed E-state index contributed by atoms with van der Waals surface area (Å²) in [6.07, 6.45) is 10.6. The lowest BCUT2D eigenvalue weighted by Crippen LogP contribution is -2.45. The van der Waals surface area contributed by atoms with Crippen LogP contribution in [0.3, 0.4) is 0 Å². The summed E-state index contributed by atoms with van der Waals surface area (Å²) < 4.78 is 1.93. The molecule has 1 atom stereocenters. The number of aromatic nitrogens is 2. The quantitative estimate of drug-likeness (QED) is 0.516. The van der Waals surface area contributed by atoms with Crippen molar-refractivity contribution in [3.05, 3.63) is 53.9 Å². The van der Waals surface area contributed by atoms with Crippen LogP contribution in [-0.4, -0.2) is 52.2 Å². The summed E-state index contributed by atoms with van der Waals surface area (Å²) in [5.74, 6) is 1.43. The van der Waals surface area contributed by atoms with E-state index in [2.05, 4.69) is 51.8 Å². The number of guanidine groups is 1. The fourth-order valence-electron chi connectivity index (χ4n) is 4.80. The molecule has 0 bridgehead atoms. The van der Waals surface area contributed by atoms with Gasteiger partial charge in [-0.2, -0.15) is 5.10 Å². The number of nitrogens with one attached hydrogen (secondary N) is 2. The van der Waals surface area contributed by atoms with Gasteiger partial charge >= 0.3 is 0 Å². The summed E-state index contributed by atoms with van der Waals surface area (Å²) in [5.41, 5.74) is 2.42. The summed E-state index contributed by atoms with van der Waals surface area (Å²) in [6.45, 7) is 5.84. The maximum absolute atomic E-state index is 12.9. The highest BCUT2D eigenvalue weighted by Gasteiger charge is 2.31. The van der Waals surface area contributed by atoms with Gasteiger partial charge in [0.25, 0.3) is 0 Å². The predicted molar refractivity (Wildman–Crippen MR) is 127 cm³/mol. The van der Waals surface area contributed by atoms with E-state index in [-0.39, 0.29) is 12.0 Å². The SMILES string of the molecule is CCNC(=NCc1ccccc1Cn1cccn1)NC1CCN(C(=O)C2CCCCC2)C1. The zero-order chi connectivity index (χ0) is 22.2. The minimum atomic E-state index is 0.246. The third-order valence-electron chi connectivity index (χ3n) is 6.56. The van der Waals surface area contributed by atoms with E-state index in [4.69, 9.17) is 4.99 Å². The second kappa shape index (κ2) is 11.2. The Kier molecular flexibility index (Phi) is 7.80. The molecular weight excluding hydrogens is 400 g/mol. The molecule has 0 radical (unpaired) electrons. The molecule has 1 unspecified atom stereocenters. The fraction of sp³-hybridized carbons (Fsp3) is 0.560. The first kappa shape index (κ1) is 22.4. The van der Waals surface area contributed by atoms with Crippen LogP contribution in [0.15, 0.2) is 47.7 Å². The Morgan fingerprint density at radius 2 is 1.94 bits per heavy atom. The Bertz CT molecular complexity index is 888. The maximum atomic E-state index is 12.9. The van der Waals surface area contributed by atoms with E-state index in [1.165, 1.54) is 30.4 Å². The Morgan fingerprint density at radius 1 is 1.12 bits per heavy atom. The van der Waals surface area contributed by atoms with E-state index >= 15 is 0 Å². The lowest BCUT2D eigenvalue weighted by atomic mass is 9.88. The number of nitrogens with zero attached hydrogens (tertiary/aromatic N) is 4. The Labute approximate surface area is 191 Å². The van der Waals surface area contributed by atoms with Crippen LogP contribution in [0.25, 0.3) is 0 Å². The highest BCUT2D eigenvalue weighted by molar-refractivity contribution is 5.81. The van der Waals surface area contributed by atoms with E-state index in [9.17, 15) is 4.79 Å². The number of carbonyl (C=O) groups is 1. The number of aliphatic imine (C=N–C) groups is 1. The summed E-state index contributed by atoms with van der Waals surface area (Å²) in [4.78, 5) is 19.8. The van der Waals surface area contributed by atoms with Crippen molar-refractivity contribution in [3.63, 3.8) is 0 Å². The Hall–Kier alpha value is -2.83. The number of hydrogen-bond acceptors (Lipinski definition) is 3. The molecule has 2 N–H and O–H groups in total. The summed E-state index contributed by atoms with van der Waals surface area (Å²) in [7, 11) is 0. The number of benzene rings is 1. The van der Waals surface area contributed by atoms with Gasteiger partial charge in [-0.15, -0.1) is 0 Å². The van der Waals surface area contributed by atoms with E-state index < -0.39 is 0 Å². The molecule has 2 heterocycles. The third kappa shape index (κ3) is 5.90. The van der Waals surface area contributed by atoms with Crippen LogP contribution < -0.4 is 10.6 Å². The summed E-state index contributed by atoms with van der Waals surface area (Å²) in [5, 5.41) is 11.3. The minimum absolute atomic E-state index is 0.246. The zero-order valence-corrected chi connectivity index (χ0v) is 19.2. The van der Waals surface area contributed by atoms with Gasteiger partial charge in [-0.1, -0.05) is 43.5 Å². The van der Waals surface area contributed by atoms with Crippen molar-refractivity contribution in [2.45, 2.75) is 64.6 Å². The molecule has 1 aliphatic heterocycles. The average Bonchev–Trinajstić information content (AvgIpc) is 3.51. The van der Waals surface area contributed by atoms with Gasteiger partial charge in [0, 0.05) is 44.0 Å². The predicted octanol–water partition coefficient (Wildman–Crippen LogP) is 3.17. The fourth-order valence-corrected chi connectivity index (χ4v) is 4.80. The molecule has 4 rings (SSSR count). The zero-order valence-electron chi connectivity index (χ0n) is 19.2. The van der Waals surface area contributed by atoms with Crippen LogP contribution in [-0.2, 0) is 17.9 Å². The number of rotatable bonds is 7. The van der Waals surface area contributed by atoms with Crippen LogP contribution in [0.4, 0.5) is 0 Å². The van der Waals surface area contributed by atoms with Crippen molar-refractivity contribution in [1.29, 1.82) is 0 Å². The van der Waals surface area contributed by atoms with Crippen molar-refractivity contribution < 1.29 is 4.79 Å². The number of hydrogen-bond donors (Lipinski definition) is 2. The van der Waals surface area contributed by atoms with Gasteiger partial charge in [-0.25, -0.2) is 4.99 Å². The third-order valence-corrected chi connectivity index (χ3v) is 6.56. The van der Waals surface area contributed by atoms with Crippen LogP contribution in [0.5, 0.6) is 0 Å². The van der Waals surface area contributed by atoms with Gasteiger partial charge in [0.2, 0.25) is 5.91 Å². The highest BCUT2D eigenvalue weighted by atomic mass is 16.2. The molecular formula is C25H36N6O. The molecule has 7 heteroatoms. The van der Waals surface area contributed by atoms with Gasteiger partial charge in [0.15, 0.2) is 5.96 Å². The molecule has 1 amide bonds. The molecule has 1 aliphatic carbocycles. The first-order valence-corrected chi connectivity index (χ1v) is 12.1. The summed E-state index contributed by atoms with van der Waals surface area (Å²) >= 11 is 0. The lowest BCUT2D eigenvalue weighted by Gasteiger charge is -2.26. The smallest absolute Gasteiger partial charge is 0.225 e. The molecule has 2 aromatic rings. The highest BCUT2D eigenvalue weighted by Crippen LogP contribution is 2.26. The normalized spacial score (nSPS) is 19.8. The van der Waals surface area contributed by atoms with Crippen LogP contribution in [0.2, 0.25) is 0 Å². The summed E-state index contributed by atoms with van der Waals surface area (Å²) in [6, 6.07) is 10.6. The van der Waals surface area contributed by atoms with Crippen molar-refractivity contribution in [2.24, 2.45) is 10.9 Å². The first-order valence-electron chi connectivity index (χ1n) is 12.1.